The SMILES string of the molecule is Cn1c(=O)c2c(nc(Oc3cccc(OC(F)(F)F)c3)n2Cc2ccc(Cl)cc2)n(Cc2ccno2)c1=O. The molecule has 2 aromatic carbocycles. The molecule has 0 saturated carbocycles. The molecule has 0 aliphatic heterocycles. The quantitative estimate of drug-likeness (QED) is 0.299. The summed E-state index contributed by atoms with van der Waals surface area (Å²) in [5.41, 5.74) is -0.588. The third-order valence-corrected chi connectivity index (χ3v) is 5.75. The van der Waals surface area contributed by atoms with Gasteiger partial charge in [0.15, 0.2) is 16.9 Å². The zero-order valence-electron chi connectivity index (χ0n) is 19.5. The summed E-state index contributed by atoms with van der Waals surface area (Å²) in [4.78, 5) is 30.7. The molecule has 3 aromatic heterocycles. The Morgan fingerprint density at radius 2 is 1.74 bits per heavy atom. The maximum atomic E-state index is 13.3. The van der Waals surface area contributed by atoms with E-state index >= 15 is 0 Å². The minimum atomic E-state index is -4.90. The van der Waals surface area contributed by atoms with Gasteiger partial charge in [0, 0.05) is 24.2 Å². The average molecular weight is 548 g/mol. The summed E-state index contributed by atoms with van der Waals surface area (Å²) in [5, 5.41) is 4.13. The molecule has 3 heterocycles. The second-order valence-electron chi connectivity index (χ2n) is 8.12. The molecule has 0 amide bonds. The third kappa shape index (κ3) is 5.13. The molecule has 5 rings (SSSR count). The highest BCUT2D eigenvalue weighted by molar-refractivity contribution is 6.30. The van der Waals surface area contributed by atoms with E-state index in [-0.39, 0.29) is 36.0 Å². The normalized spacial score (nSPS) is 11.7. The maximum absolute atomic E-state index is 13.3. The van der Waals surface area contributed by atoms with Gasteiger partial charge in [0.05, 0.1) is 19.3 Å². The number of nitrogens with zero attached hydrogens (tertiary/aromatic N) is 5. The Hall–Kier alpha value is -4.52. The van der Waals surface area contributed by atoms with Crippen molar-refractivity contribution in [3.8, 4) is 17.5 Å². The molecule has 0 aliphatic rings. The first-order valence-corrected chi connectivity index (χ1v) is 11.3. The number of rotatable bonds is 7. The largest absolute Gasteiger partial charge is 0.573 e. The van der Waals surface area contributed by atoms with Gasteiger partial charge in [-0.1, -0.05) is 35.0 Å². The third-order valence-electron chi connectivity index (χ3n) is 5.50. The Bertz CT molecular complexity index is 1720. The van der Waals surface area contributed by atoms with Gasteiger partial charge in [-0.15, -0.1) is 13.2 Å². The lowest BCUT2D eigenvalue weighted by molar-refractivity contribution is -0.274. The Balaban J connectivity index is 1.68. The van der Waals surface area contributed by atoms with Crippen LogP contribution in [0, 0.1) is 0 Å². The number of benzene rings is 2. The lowest BCUT2D eigenvalue weighted by Crippen LogP contribution is -2.39. The molecule has 196 valence electrons. The van der Waals surface area contributed by atoms with Crippen LogP contribution in [0.5, 0.6) is 17.5 Å². The first kappa shape index (κ1) is 25.1. The van der Waals surface area contributed by atoms with Crippen LogP contribution in [-0.4, -0.2) is 30.2 Å². The number of ether oxygens (including phenoxy) is 2. The highest BCUT2D eigenvalue weighted by Crippen LogP contribution is 2.30. The van der Waals surface area contributed by atoms with Crippen molar-refractivity contribution < 1.29 is 27.2 Å². The Morgan fingerprint density at radius 3 is 2.42 bits per heavy atom. The van der Waals surface area contributed by atoms with E-state index in [1.54, 1.807) is 30.3 Å². The van der Waals surface area contributed by atoms with E-state index < -0.39 is 23.4 Å². The van der Waals surface area contributed by atoms with Crippen molar-refractivity contribution in [1.82, 2.24) is 23.8 Å². The van der Waals surface area contributed by atoms with Crippen molar-refractivity contribution in [3.63, 3.8) is 0 Å². The Labute approximate surface area is 216 Å². The van der Waals surface area contributed by atoms with E-state index in [4.69, 9.17) is 20.9 Å². The van der Waals surface area contributed by atoms with Crippen LogP contribution in [-0.2, 0) is 20.1 Å². The molecule has 0 aliphatic carbocycles. The van der Waals surface area contributed by atoms with Gasteiger partial charge in [-0.25, -0.2) is 4.79 Å². The lowest BCUT2D eigenvalue weighted by Gasteiger charge is -2.12. The summed E-state index contributed by atoms with van der Waals surface area (Å²) in [5.74, 6) is -0.215. The molecule has 0 saturated heterocycles. The van der Waals surface area contributed by atoms with Crippen LogP contribution in [0.25, 0.3) is 11.2 Å². The summed E-state index contributed by atoms with van der Waals surface area (Å²) in [6.07, 6.45) is -3.49. The number of aromatic nitrogens is 5. The van der Waals surface area contributed by atoms with Crippen LogP contribution in [0.3, 0.4) is 0 Å². The monoisotopic (exact) mass is 547 g/mol. The summed E-state index contributed by atoms with van der Waals surface area (Å²) in [7, 11) is 1.32. The van der Waals surface area contributed by atoms with Gasteiger partial charge in [-0.05, 0) is 29.8 Å². The summed E-state index contributed by atoms with van der Waals surface area (Å²) in [6.45, 7) is -0.0206. The number of alkyl halides is 3. The highest BCUT2D eigenvalue weighted by Gasteiger charge is 2.31. The molecule has 0 bridgehead atoms. The van der Waals surface area contributed by atoms with Crippen LogP contribution >= 0.6 is 11.6 Å². The van der Waals surface area contributed by atoms with E-state index in [0.717, 1.165) is 16.7 Å². The fourth-order valence-corrected chi connectivity index (χ4v) is 3.92. The van der Waals surface area contributed by atoms with Gasteiger partial charge in [0.1, 0.15) is 11.5 Å². The van der Waals surface area contributed by atoms with Crippen molar-refractivity contribution in [2.75, 3.05) is 0 Å². The minimum Gasteiger partial charge on any atom is -0.425 e. The first-order valence-electron chi connectivity index (χ1n) is 11.0. The summed E-state index contributed by atoms with van der Waals surface area (Å²) >= 11 is 6.00. The molecule has 0 radical (unpaired) electrons. The smallest absolute Gasteiger partial charge is 0.425 e. The molecule has 0 spiro atoms. The molecule has 38 heavy (non-hydrogen) atoms. The minimum absolute atomic E-state index is 0.0128. The van der Waals surface area contributed by atoms with Crippen LogP contribution in [0.4, 0.5) is 13.2 Å². The highest BCUT2D eigenvalue weighted by atomic mass is 35.5. The molecule has 0 fully saturated rings. The number of hydrogen-bond donors (Lipinski definition) is 0. The predicted molar refractivity (Wildman–Crippen MR) is 129 cm³/mol. The van der Waals surface area contributed by atoms with Crippen LogP contribution in [0.1, 0.15) is 11.3 Å². The summed E-state index contributed by atoms with van der Waals surface area (Å²) in [6, 6.07) is 13.0. The van der Waals surface area contributed by atoms with Gasteiger partial charge < -0.3 is 14.0 Å². The van der Waals surface area contributed by atoms with Gasteiger partial charge in [-0.3, -0.25) is 18.5 Å². The molecule has 0 unspecified atom stereocenters. The van der Waals surface area contributed by atoms with E-state index in [1.165, 1.54) is 34.5 Å². The number of fused-ring (bicyclic) bond motifs is 1. The standard InChI is InChI=1S/C24H17ClF3N5O5/c1-31-21(34)19-20(33(23(31)35)13-18-9-10-29-38-18)30-22(32(19)12-14-5-7-15(25)8-6-14)36-16-3-2-4-17(11-16)37-24(26,27)28/h2-11H,12-13H2,1H3. The van der Waals surface area contributed by atoms with Crippen molar-refractivity contribution in [2.24, 2.45) is 7.05 Å². The molecule has 0 atom stereocenters. The molecule has 5 aromatic rings. The fourth-order valence-electron chi connectivity index (χ4n) is 3.80. The van der Waals surface area contributed by atoms with Gasteiger partial charge in [-0.2, -0.15) is 4.98 Å². The maximum Gasteiger partial charge on any atom is 0.573 e. The van der Waals surface area contributed by atoms with Gasteiger partial charge in [0.2, 0.25) is 0 Å². The molecule has 0 N–H and O–H groups in total. The Kier molecular flexibility index (Phi) is 6.45. The molecular weight excluding hydrogens is 531 g/mol. The van der Waals surface area contributed by atoms with Crippen LogP contribution in [0.15, 0.2) is 74.9 Å². The lowest BCUT2D eigenvalue weighted by atomic mass is 10.2. The van der Waals surface area contributed by atoms with Crippen molar-refractivity contribution in [2.45, 2.75) is 19.5 Å². The number of imidazole rings is 1. The molecule has 14 heteroatoms. The van der Waals surface area contributed by atoms with Gasteiger partial charge in [0.25, 0.3) is 5.56 Å². The zero-order chi connectivity index (χ0) is 27.0. The van der Waals surface area contributed by atoms with Crippen LogP contribution < -0.4 is 20.7 Å². The van der Waals surface area contributed by atoms with Crippen molar-refractivity contribution in [1.29, 1.82) is 0 Å². The first-order chi connectivity index (χ1) is 18.1. The van der Waals surface area contributed by atoms with E-state index in [0.29, 0.717) is 16.3 Å². The summed E-state index contributed by atoms with van der Waals surface area (Å²) < 4.78 is 56.7. The van der Waals surface area contributed by atoms with E-state index in [2.05, 4.69) is 14.9 Å². The zero-order valence-corrected chi connectivity index (χ0v) is 20.2. The number of halogens is 4. The topological polar surface area (TPSA) is 106 Å². The molecule has 10 nitrogen and oxygen atoms in total. The fraction of sp³-hybridized carbons (Fsp3) is 0.167. The van der Waals surface area contributed by atoms with Crippen LogP contribution in [0.2, 0.25) is 5.02 Å². The second kappa shape index (κ2) is 9.74. The van der Waals surface area contributed by atoms with Crippen molar-refractivity contribution in [3.05, 3.63) is 98.0 Å². The van der Waals surface area contributed by atoms with Crippen molar-refractivity contribution >= 4 is 22.8 Å². The average Bonchev–Trinajstić information content (AvgIpc) is 3.49. The Morgan fingerprint density at radius 1 is 1.00 bits per heavy atom. The molecular formula is C24H17ClF3N5O5. The second-order valence-corrected chi connectivity index (χ2v) is 8.55. The number of hydrogen-bond acceptors (Lipinski definition) is 7. The van der Waals surface area contributed by atoms with E-state index in [9.17, 15) is 22.8 Å². The van der Waals surface area contributed by atoms with Gasteiger partial charge >= 0.3 is 18.1 Å². The predicted octanol–water partition coefficient (Wildman–Crippen LogP) is 4.33. The van der Waals surface area contributed by atoms with E-state index in [1.807, 2.05) is 0 Å².